The molecule has 4 N–H and O–H groups in total. The number of hydrogen-bond acceptors (Lipinski definition) is 5. The minimum absolute atomic E-state index is 0.0941. The fourth-order valence-corrected chi connectivity index (χ4v) is 1.68. The number of benzene rings is 1. The molecule has 1 amide bonds. The van der Waals surface area contributed by atoms with Gasteiger partial charge in [-0.25, -0.2) is 0 Å². The summed E-state index contributed by atoms with van der Waals surface area (Å²) < 4.78 is 0. The first-order valence-electron chi connectivity index (χ1n) is 6.09. The minimum atomic E-state index is -0.0941. The lowest BCUT2D eigenvalue weighted by Gasteiger charge is -2.05. The summed E-state index contributed by atoms with van der Waals surface area (Å²) in [6.45, 7) is 0.999. The van der Waals surface area contributed by atoms with Crippen molar-refractivity contribution in [3.8, 4) is 0 Å². The van der Waals surface area contributed by atoms with Gasteiger partial charge in [0.05, 0.1) is 0 Å². The summed E-state index contributed by atoms with van der Waals surface area (Å²) in [6, 6.07) is 7.30. The largest absolute Gasteiger partial charge is 0.352 e. The van der Waals surface area contributed by atoms with Crippen molar-refractivity contribution in [2.24, 2.45) is 5.73 Å². The lowest BCUT2D eigenvalue weighted by atomic mass is 10.1. The molecule has 1 heterocycles. The summed E-state index contributed by atoms with van der Waals surface area (Å²) in [5.41, 5.74) is 7.11. The topological polar surface area (TPSA) is 110 Å². The summed E-state index contributed by atoms with van der Waals surface area (Å²) in [7, 11) is 0. The molecular formula is C12H16N6O. The van der Waals surface area contributed by atoms with Gasteiger partial charge in [0.25, 0.3) is 5.91 Å². The highest BCUT2D eigenvalue weighted by Gasteiger charge is 2.05. The Kier molecular flexibility index (Phi) is 4.57. The van der Waals surface area contributed by atoms with Gasteiger partial charge in [0.15, 0.2) is 5.82 Å². The molecule has 7 nitrogen and oxygen atoms in total. The standard InChI is InChI=1S/C12H16N6O/c13-8-9-3-1-4-10(7-9)12(19)14-6-2-5-11-15-17-18-16-11/h1,3-4,7H,2,5-6,8,13H2,(H,14,19)(H,15,16,17,18). The molecule has 0 bridgehead atoms. The first kappa shape index (κ1) is 13.2. The molecule has 2 rings (SSSR count). The van der Waals surface area contributed by atoms with Crippen LogP contribution < -0.4 is 11.1 Å². The van der Waals surface area contributed by atoms with Gasteiger partial charge in [-0.05, 0) is 24.1 Å². The van der Waals surface area contributed by atoms with E-state index in [1.165, 1.54) is 0 Å². The predicted molar refractivity (Wildman–Crippen MR) is 69.2 cm³/mol. The molecule has 0 fully saturated rings. The zero-order valence-electron chi connectivity index (χ0n) is 10.5. The average Bonchev–Trinajstić information content (AvgIpc) is 2.96. The third-order valence-corrected chi connectivity index (χ3v) is 2.68. The molecule has 0 saturated carbocycles. The van der Waals surface area contributed by atoms with Gasteiger partial charge < -0.3 is 11.1 Å². The molecule has 1 aromatic carbocycles. The molecule has 1 aromatic heterocycles. The van der Waals surface area contributed by atoms with E-state index in [9.17, 15) is 4.79 Å². The molecule has 19 heavy (non-hydrogen) atoms. The molecule has 0 spiro atoms. The summed E-state index contributed by atoms with van der Waals surface area (Å²) in [5.74, 6) is 0.558. The van der Waals surface area contributed by atoms with E-state index in [0.717, 1.165) is 12.0 Å². The van der Waals surface area contributed by atoms with Crippen LogP contribution in [0.3, 0.4) is 0 Å². The van der Waals surface area contributed by atoms with Gasteiger partial charge in [-0.3, -0.25) is 4.79 Å². The molecule has 0 radical (unpaired) electrons. The number of aromatic amines is 1. The lowest BCUT2D eigenvalue weighted by Crippen LogP contribution is -2.25. The zero-order valence-corrected chi connectivity index (χ0v) is 10.5. The third kappa shape index (κ3) is 3.85. The van der Waals surface area contributed by atoms with Gasteiger partial charge in [-0.1, -0.05) is 17.3 Å². The van der Waals surface area contributed by atoms with Crippen molar-refractivity contribution >= 4 is 5.91 Å². The molecule has 7 heteroatoms. The zero-order chi connectivity index (χ0) is 13.5. The molecular weight excluding hydrogens is 244 g/mol. The van der Waals surface area contributed by atoms with E-state index in [1.807, 2.05) is 12.1 Å². The number of tetrazole rings is 1. The van der Waals surface area contributed by atoms with Crippen molar-refractivity contribution in [3.05, 3.63) is 41.2 Å². The number of nitrogens with two attached hydrogens (primary N) is 1. The van der Waals surface area contributed by atoms with Crippen molar-refractivity contribution in [3.63, 3.8) is 0 Å². The fraction of sp³-hybridized carbons (Fsp3) is 0.333. The van der Waals surface area contributed by atoms with Crippen LogP contribution in [0.25, 0.3) is 0 Å². The van der Waals surface area contributed by atoms with Crippen LogP contribution in [0.5, 0.6) is 0 Å². The second-order valence-electron chi connectivity index (χ2n) is 4.09. The van der Waals surface area contributed by atoms with Crippen molar-refractivity contribution in [1.29, 1.82) is 0 Å². The number of carbonyl (C=O) groups is 1. The minimum Gasteiger partial charge on any atom is -0.352 e. The number of H-pyrrole nitrogens is 1. The van der Waals surface area contributed by atoms with E-state index in [1.54, 1.807) is 12.1 Å². The van der Waals surface area contributed by atoms with Crippen molar-refractivity contribution < 1.29 is 4.79 Å². The molecule has 0 atom stereocenters. The molecule has 100 valence electrons. The molecule has 2 aromatic rings. The third-order valence-electron chi connectivity index (χ3n) is 2.68. The lowest BCUT2D eigenvalue weighted by molar-refractivity contribution is 0.0953. The number of carbonyl (C=O) groups excluding carboxylic acids is 1. The second kappa shape index (κ2) is 6.60. The number of aromatic nitrogens is 4. The Balaban J connectivity index is 1.77. The van der Waals surface area contributed by atoms with Crippen LogP contribution in [0, 0.1) is 0 Å². The molecule has 0 aliphatic carbocycles. The monoisotopic (exact) mass is 260 g/mol. The van der Waals surface area contributed by atoms with Crippen LogP contribution in [-0.2, 0) is 13.0 Å². The van der Waals surface area contributed by atoms with Crippen LogP contribution in [-0.4, -0.2) is 33.1 Å². The Labute approximate surface area is 110 Å². The maximum atomic E-state index is 11.9. The Morgan fingerprint density at radius 3 is 3.05 bits per heavy atom. The second-order valence-corrected chi connectivity index (χ2v) is 4.09. The number of hydrogen-bond donors (Lipinski definition) is 3. The maximum absolute atomic E-state index is 11.9. The van der Waals surface area contributed by atoms with Crippen LogP contribution in [0.15, 0.2) is 24.3 Å². The summed E-state index contributed by atoms with van der Waals surface area (Å²) >= 11 is 0. The quantitative estimate of drug-likeness (QED) is 0.634. The Morgan fingerprint density at radius 1 is 1.42 bits per heavy atom. The van der Waals surface area contributed by atoms with Gasteiger partial charge >= 0.3 is 0 Å². The number of nitrogens with one attached hydrogen (secondary N) is 2. The Bertz CT molecular complexity index is 525. The number of nitrogens with zero attached hydrogens (tertiary/aromatic N) is 3. The average molecular weight is 260 g/mol. The summed E-state index contributed by atoms with van der Waals surface area (Å²) in [5, 5.41) is 16.4. The first-order chi connectivity index (χ1) is 9.29. The van der Waals surface area contributed by atoms with Crippen LogP contribution >= 0.6 is 0 Å². The van der Waals surface area contributed by atoms with Gasteiger partial charge in [0.2, 0.25) is 0 Å². The number of amides is 1. The smallest absolute Gasteiger partial charge is 0.251 e. The van der Waals surface area contributed by atoms with E-state index in [2.05, 4.69) is 25.9 Å². The van der Waals surface area contributed by atoms with Gasteiger partial charge in [-0.15, -0.1) is 10.2 Å². The number of rotatable bonds is 6. The van der Waals surface area contributed by atoms with E-state index >= 15 is 0 Å². The molecule has 0 unspecified atom stereocenters. The van der Waals surface area contributed by atoms with Crippen molar-refractivity contribution in [1.82, 2.24) is 25.9 Å². The van der Waals surface area contributed by atoms with Crippen LogP contribution in [0.4, 0.5) is 0 Å². The van der Waals surface area contributed by atoms with E-state index < -0.39 is 0 Å². The van der Waals surface area contributed by atoms with Crippen molar-refractivity contribution in [2.45, 2.75) is 19.4 Å². The maximum Gasteiger partial charge on any atom is 0.251 e. The van der Waals surface area contributed by atoms with Gasteiger partial charge in [-0.2, -0.15) is 5.21 Å². The van der Waals surface area contributed by atoms with Crippen LogP contribution in [0.1, 0.15) is 28.2 Å². The SMILES string of the molecule is NCc1cccc(C(=O)NCCCc2nn[nH]n2)c1. The molecule has 0 aliphatic rings. The summed E-state index contributed by atoms with van der Waals surface area (Å²) in [4.78, 5) is 11.9. The fourth-order valence-electron chi connectivity index (χ4n) is 1.68. The predicted octanol–water partition coefficient (Wildman–Crippen LogP) is 0.0210. The van der Waals surface area contributed by atoms with E-state index in [0.29, 0.717) is 30.9 Å². The van der Waals surface area contributed by atoms with Crippen molar-refractivity contribution in [2.75, 3.05) is 6.54 Å². The first-order valence-corrected chi connectivity index (χ1v) is 6.09. The summed E-state index contributed by atoms with van der Waals surface area (Å²) in [6.07, 6.45) is 1.45. The highest BCUT2D eigenvalue weighted by Crippen LogP contribution is 2.04. The highest BCUT2D eigenvalue weighted by atomic mass is 16.1. The van der Waals surface area contributed by atoms with Gasteiger partial charge in [0, 0.05) is 25.1 Å². The van der Waals surface area contributed by atoms with Gasteiger partial charge in [0.1, 0.15) is 0 Å². The number of aryl methyl sites for hydroxylation is 1. The highest BCUT2D eigenvalue weighted by molar-refractivity contribution is 5.94. The van der Waals surface area contributed by atoms with E-state index in [4.69, 9.17) is 5.73 Å². The van der Waals surface area contributed by atoms with Crippen LogP contribution in [0.2, 0.25) is 0 Å². The Morgan fingerprint density at radius 2 is 2.32 bits per heavy atom. The van der Waals surface area contributed by atoms with E-state index in [-0.39, 0.29) is 5.91 Å². The Hall–Kier alpha value is -2.28. The molecule has 0 aliphatic heterocycles. The molecule has 0 saturated heterocycles. The normalized spacial score (nSPS) is 10.4.